The molecule has 2 atom stereocenters. The predicted octanol–water partition coefficient (Wildman–Crippen LogP) is 4.62. The van der Waals surface area contributed by atoms with E-state index < -0.39 is 11.7 Å². The molecule has 116 valence electrons. The Bertz CT molecular complexity index is 577. The Morgan fingerprint density at radius 1 is 1.05 bits per heavy atom. The number of benzene rings is 2. The van der Waals surface area contributed by atoms with E-state index in [4.69, 9.17) is 4.74 Å². The zero-order chi connectivity index (χ0) is 16.0. The fourth-order valence-electron chi connectivity index (χ4n) is 2.69. The molecule has 2 aromatic carbocycles. The second-order valence-corrected chi connectivity index (χ2v) is 5.76. The molecule has 0 aliphatic heterocycles. The summed E-state index contributed by atoms with van der Waals surface area (Å²) in [6.07, 6.45) is 1.72. The monoisotopic (exact) mass is 296 g/mol. The summed E-state index contributed by atoms with van der Waals surface area (Å²) in [6, 6.07) is 19.5. The van der Waals surface area contributed by atoms with Gasteiger partial charge in [-0.3, -0.25) is 0 Å². The molecule has 0 amide bonds. The fourth-order valence-corrected chi connectivity index (χ4v) is 2.69. The second kappa shape index (κ2) is 7.39. The van der Waals surface area contributed by atoms with E-state index in [1.807, 2.05) is 74.5 Å². The highest BCUT2D eigenvalue weighted by Gasteiger charge is 2.39. The normalized spacial score (nSPS) is 15.3. The molecule has 0 unspecified atom stereocenters. The van der Waals surface area contributed by atoms with Crippen LogP contribution in [0.15, 0.2) is 73.3 Å². The second-order valence-electron chi connectivity index (χ2n) is 5.76. The third kappa shape index (κ3) is 3.65. The van der Waals surface area contributed by atoms with Gasteiger partial charge in [-0.25, -0.2) is 0 Å². The third-order valence-corrected chi connectivity index (χ3v) is 3.67. The Morgan fingerprint density at radius 2 is 1.59 bits per heavy atom. The van der Waals surface area contributed by atoms with Crippen molar-refractivity contribution in [1.29, 1.82) is 0 Å². The van der Waals surface area contributed by atoms with Crippen molar-refractivity contribution in [3.8, 4) is 0 Å². The summed E-state index contributed by atoms with van der Waals surface area (Å²) < 4.78 is 6.11. The van der Waals surface area contributed by atoms with Crippen LogP contribution in [-0.4, -0.2) is 11.2 Å². The predicted molar refractivity (Wildman–Crippen MR) is 90.6 cm³/mol. The van der Waals surface area contributed by atoms with Gasteiger partial charge in [-0.2, -0.15) is 0 Å². The van der Waals surface area contributed by atoms with E-state index in [-0.39, 0.29) is 6.10 Å². The lowest BCUT2D eigenvalue weighted by molar-refractivity contribution is -0.135. The van der Waals surface area contributed by atoms with E-state index in [9.17, 15) is 5.11 Å². The molecule has 0 fully saturated rings. The maximum atomic E-state index is 11.4. The van der Waals surface area contributed by atoms with Crippen molar-refractivity contribution in [3.05, 3.63) is 84.4 Å². The minimum Gasteiger partial charge on any atom is -0.382 e. The standard InChI is InChI=1S/C20H24O2/c1-4-15-20(21,18-13-9-6-10-14-18)19(22-16(2)3)17-11-7-5-8-12-17/h4-14,16,19,21H,1,15H2,2-3H3/t19-,20+/m1/s1. The first-order valence-corrected chi connectivity index (χ1v) is 7.67. The summed E-state index contributed by atoms with van der Waals surface area (Å²) in [4.78, 5) is 0. The number of aliphatic hydroxyl groups is 1. The Morgan fingerprint density at radius 3 is 2.09 bits per heavy atom. The molecular formula is C20H24O2. The summed E-state index contributed by atoms with van der Waals surface area (Å²) in [7, 11) is 0. The van der Waals surface area contributed by atoms with E-state index in [2.05, 4.69) is 6.58 Å². The molecule has 2 rings (SSSR count). The summed E-state index contributed by atoms with van der Waals surface area (Å²) >= 11 is 0. The van der Waals surface area contributed by atoms with Crippen LogP contribution in [0.4, 0.5) is 0 Å². The van der Waals surface area contributed by atoms with Crippen LogP contribution in [0.25, 0.3) is 0 Å². The molecule has 0 saturated carbocycles. The molecule has 0 aliphatic rings. The first kappa shape index (κ1) is 16.5. The number of ether oxygens (including phenoxy) is 1. The number of hydrogen-bond donors (Lipinski definition) is 1. The molecule has 0 saturated heterocycles. The first-order chi connectivity index (χ1) is 10.6. The lowest BCUT2D eigenvalue weighted by Gasteiger charge is -2.37. The highest BCUT2D eigenvalue weighted by Crippen LogP contribution is 2.41. The molecule has 0 bridgehead atoms. The smallest absolute Gasteiger partial charge is 0.123 e. The maximum absolute atomic E-state index is 11.4. The van der Waals surface area contributed by atoms with Crippen LogP contribution in [-0.2, 0) is 10.3 Å². The van der Waals surface area contributed by atoms with E-state index in [0.717, 1.165) is 11.1 Å². The largest absolute Gasteiger partial charge is 0.382 e. The third-order valence-electron chi connectivity index (χ3n) is 3.67. The molecule has 1 N–H and O–H groups in total. The molecule has 0 aromatic heterocycles. The number of rotatable bonds is 7. The SMILES string of the molecule is C=CC[C@](O)(c1ccccc1)[C@H](OC(C)C)c1ccccc1. The van der Waals surface area contributed by atoms with Crippen molar-refractivity contribution in [2.24, 2.45) is 0 Å². The van der Waals surface area contributed by atoms with E-state index in [1.165, 1.54) is 0 Å². The van der Waals surface area contributed by atoms with Crippen LogP contribution in [0.3, 0.4) is 0 Å². The van der Waals surface area contributed by atoms with Crippen molar-refractivity contribution in [2.75, 3.05) is 0 Å². The molecule has 0 spiro atoms. The van der Waals surface area contributed by atoms with Gasteiger partial charge in [0.1, 0.15) is 11.7 Å². The van der Waals surface area contributed by atoms with Gasteiger partial charge in [0.2, 0.25) is 0 Å². The van der Waals surface area contributed by atoms with Crippen LogP contribution in [0.5, 0.6) is 0 Å². The lowest BCUT2D eigenvalue weighted by Crippen LogP contribution is -2.36. The average Bonchev–Trinajstić information content (AvgIpc) is 2.54. The zero-order valence-electron chi connectivity index (χ0n) is 13.3. The Hall–Kier alpha value is -1.90. The first-order valence-electron chi connectivity index (χ1n) is 7.67. The molecule has 0 heterocycles. The number of hydrogen-bond acceptors (Lipinski definition) is 2. The Labute approximate surface area is 133 Å². The van der Waals surface area contributed by atoms with Gasteiger partial charge >= 0.3 is 0 Å². The van der Waals surface area contributed by atoms with Gasteiger partial charge in [-0.05, 0) is 25.0 Å². The quantitative estimate of drug-likeness (QED) is 0.756. The zero-order valence-corrected chi connectivity index (χ0v) is 13.3. The van der Waals surface area contributed by atoms with Gasteiger partial charge < -0.3 is 9.84 Å². The van der Waals surface area contributed by atoms with Gasteiger partial charge in [0.25, 0.3) is 0 Å². The van der Waals surface area contributed by atoms with E-state index in [0.29, 0.717) is 6.42 Å². The Balaban J connectivity index is 2.51. The summed E-state index contributed by atoms with van der Waals surface area (Å²) in [5.41, 5.74) is 0.656. The van der Waals surface area contributed by atoms with Gasteiger partial charge in [0.05, 0.1) is 6.10 Å². The van der Waals surface area contributed by atoms with E-state index in [1.54, 1.807) is 6.08 Å². The van der Waals surface area contributed by atoms with Gasteiger partial charge in [-0.1, -0.05) is 66.7 Å². The molecule has 22 heavy (non-hydrogen) atoms. The minimum atomic E-state index is -1.14. The molecule has 0 radical (unpaired) electrons. The van der Waals surface area contributed by atoms with Crippen LogP contribution < -0.4 is 0 Å². The van der Waals surface area contributed by atoms with Crippen molar-refractivity contribution < 1.29 is 9.84 Å². The topological polar surface area (TPSA) is 29.5 Å². The van der Waals surface area contributed by atoms with Crippen molar-refractivity contribution >= 4 is 0 Å². The molecular weight excluding hydrogens is 272 g/mol. The average molecular weight is 296 g/mol. The molecule has 0 aliphatic carbocycles. The lowest BCUT2D eigenvalue weighted by atomic mass is 9.81. The fraction of sp³-hybridized carbons (Fsp3) is 0.300. The van der Waals surface area contributed by atoms with Crippen LogP contribution in [0, 0.1) is 0 Å². The highest BCUT2D eigenvalue weighted by molar-refractivity contribution is 5.30. The molecule has 2 heteroatoms. The van der Waals surface area contributed by atoms with Crippen molar-refractivity contribution in [3.63, 3.8) is 0 Å². The molecule has 2 aromatic rings. The maximum Gasteiger partial charge on any atom is 0.123 e. The highest BCUT2D eigenvalue weighted by atomic mass is 16.5. The van der Waals surface area contributed by atoms with E-state index >= 15 is 0 Å². The minimum absolute atomic E-state index is 0.00487. The van der Waals surface area contributed by atoms with Crippen molar-refractivity contribution in [1.82, 2.24) is 0 Å². The van der Waals surface area contributed by atoms with Crippen LogP contribution >= 0.6 is 0 Å². The van der Waals surface area contributed by atoms with Crippen LogP contribution in [0.2, 0.25) is 0 Å². The summed E-state index contributed by atoms with van der Waals surface area (Å²) in [5.74, 6) is 0. The van der Waals surface area contributed by atoms with Gasteiger partial charge in [-0.15, -0.1) is 6.58 Å². The summed E-state index contributed by atoms with van der Waals surface area (Å²) in [5, 5.41) is 11.4. The van der Waals surface area contributed by atoms with Gasteiger partial charge in [0.15, 0.2) is 0 Å². The Kier molecular flexibility index (Phi) is 5.53. The molecule has 2 nitrogen and oxygen atoms in total. The summed E-state index contributed by atoms with van der Waals surface area (Å²) in [6.45, 7) is 7.77. The van der Waals surface area contributed by atoms with Gasteiger partial charge in [0, 0.05) is 6.42 Å². The van der Waals surface area contributed by atoms with Crippen LogP contribution in [0.1, 0.15) is 37.5 Å². The van der Waals surface area contributed by atoms with Crippen molar-refractivity contribution in [2.45, 2.75) is 38.1 Å².